The number of hydrogen-bond acceptors (Lipinski definition) is 2. The van der Waals surface area contributed by atoms with Crippen LogP contribution in [-0.2, 0) is 10.8 Å². The van der Waals surface area contributed by atoms with E-state index in [0.717, 1.165) is 5.56 Å². The molecular formula is C13H18O2S. The fourth-order valence-electron chi connectivity index (χ4n) is 1.38. The van der Waals surface area contributed by atoms with Crippen molar-refractivity contribution in [2.24, 2.45) is 0 Å². The number of Topliss-reactive ketones (excluding diaryl/α,β-unsaturated/α-hetero) is 1. The number of carbonyl (C=O) groups is 1. The smallest absolute Gasteiger partial charge is 0.162 e. The lowest BCUT2D eigenvalue weighted by molar-refractivity contribution is 0.0982. The van der Waals surface area contributed by atoms with Gasteiger partial charge in [-0.3, -0.25) is 9.00 Å². The molecule has 0 aliphatic rings. The van der Waals surface area contributed by atoms with Gasteiger partial charge >= 0.3 is 0 Å². The molecule has 0 bridgehead atoms. The van der Waals surface area contributed by atoms with Gasteiger partial charge in [-0.25, -0.2) is 0 Å². The Kier molecular flexibility index (Phi) is 5.39. The summed E-state index contributed by atoms with van der Waals surface area (Å²) in [5.41, 5.74) is 0.748. The zero-order valence-electron chi connectivity index (χ0n) is 9.81. The Bertz CT molecular complexity index is 357. The molecular weight excluding hydrogens is 220 g/mol. The normalized spacial score (nSPS) is 12.7. The van der Waals surface area contributed by atoms with Crippen molar-refractivity contribution in [3.63, 3.8) is 0 Å². The van der Waals surface area contributed by atoms with Crippen LogP contribution in [0.1, 0.15) is 37.0 Å². The van der Waals surface area contributed by atoms with E-state index in [2.05, 4.69) is 0 Å². The maximum absolute atomic E-state index is 11.7. The quantitative estimate of drug-likeness (QED) is 0.714. The zero-order chi connectivity index (χ0) is 12.0. The second kappa shape index (κ2) is 6.59. The van der Waals surface area contributed by atoms with Gasteiger partial charge in [-0.1, -0.05) is 44.2 Å². The molecule has 88 valence electrons. The van der Waals surface area contributed by atoms with Crippen LogP contribution < -0.4 is 0 Å². The van der Waals surface area contributed by atoms with Gasteiger partial charge in [-0.15, -0.1) is 0 Å². The van der Waals surface area contributed by atoms with Crippen molar-refractivity contribution < 1.29 is 9.00 Å². The molecule has 0 heterocycles. The van der Waals surface area contributed by atoms with Gasteiger partial charge in [-0.2, -0.15) is 0 Å². The van der Waals surface area contributed by atoms with Crippen LogP contribution in [0.2, 0.25) is 0 Å². The summed E-state index contributed by atoms with van der Waals surface area (Å²) >= 11 is 0. The van der Waals surface area contributed by atoms with Crippen LogP contribution in [-0.4, -0.2) is 21.0 Å². The fraction of sp³-hybridized carbons (Fsp3) is 0.462. The number of carbonyl (C=O) groups excluding carboxylic acids is 1. The van der Waals surface area contributed by atoms with Crippen molar-refractivity contribution in [2.75, 3.05) is 5.75 Å². The van der Waals surface area contributed by atoms with Gasteiger partial charge in [0.15, 0.2) is 5.78 Å². The highest BCUT2D eigenvalue weighted by molar-refractivity contribution is 7.85. The lowest BCUT2D eigenvalue weighted by Crippen LogP contribution is -2.11. The van der Waals surface area contributed by atoms with Gasteiger partial charge in [0, 0.05) is 33.8 Å². The summed E-state index contributed by atoms with van der Waals surface area (Å²) < 4.78 is 11.5. The van der Waals surface area contributed by atoms with Gasteiger partial charge in [0.25, 0.3) is 0 Å². The van der Waals surface area contributed by atoms with E-state index in [9.17, 15) is 9.00 Å². The van der Waals surface area contributed by atoms with Crippen molar-refractivity contribution in [3.8, 4) is 0 Å². The molecule has 0 saturated carbocycles. The minimum Gasteiger partial charge on any atom is -0.294 e. The second-order valence-electron chi connectivity index (χ2n) is 4.03. The molecule has 0 aromatic heterocycles. The van der Waals surface area contributed by atoms with Crippen LogP contribution in [0.15, 0.2) is 30.3 Å². The summed E-state index contributed by atoms with van der Waals surface area (Å²) in [7, 11) is -0.797. The first-order chi connectivity index (χ1) is 7.61. The largest absolute Gasteiger partial charge is 0.294 e. The molecule has 0 radical (unpaired) electrons. The third kappa shape index (κ3) is 4.27. The predicted molar refractivity (Wildman–Crippen MR) is 68.2 cm³/mol. The highest BCUT2D eigenvalue weighted by Crippen LogP contribution is 2.06. The highest BCUT2D eigenvalue weighted by atomic mass is 32.2. The molecule has 2 nitrogen and oxygen atoms in total. The van der Waals surface area contributed by atoms with E-state index < -0.39 is 10.8 Å². The number of hydrogen-bond donors (Lipinski definition) is 0. The molecule has 1 atom stereocenters. The van der Waals surface area contributed by atoms with Crippen LogP contribution in [0.3, 0.4) is 0 Å². The number of benzene rings is 1. The monoisotopic (exact) mass is 238 g/mol. The zero-order valence-corrected chi connectivity index (χ0v) is 10.6. The van der Waals surface area contributed by atoms with E-state index in [4.69, 9.17) is 0 Å². The summed E-state index contributed by atoms with van der Waals surface area (Å²) in [5, 5.41) is 0.187. The number of ketones is 1. The Balaban J connectivity index is 2.34. The molecule has 0 saturated heterocycles. The molecule has 3 heteroatoms. The maximum atomic E-state index is 11.7. The van der Waals surface area contributed by atoms with Crippen molar-refractivity contribution in [3.05, 3.63) is 35.9 Å². The second-order valence-corrected chi connectivity index (χ2v) is 6.14. The Morgan fingerprint density at radius 1 is 1.25 bits per heavy atom. The summed E-state index contributed by atoms with van der Waals surface area (Å²) in [6.45, 7) is 3.88. The first kappa shape index (κ1) is 13.1. The molecule has 1 aromatic carbocycles. The van der Waals surface area contributed by atoms with Crippen molar-refractivity contribution >= 4 is 16.6 Å². The summed E-state index contributed by atoms with van der Waals surface area (Å²) in [5.74, 6) is 0.761. The topological polar surface area (TPSA) is 34.1 Å². The van der Waals surface area contributed by atoms with Gasteiger partial charge < -0.3 is 0 Å². The van der Waals surface area contributed by atoms with E-state index in [0.29, 0.717) is 18.6 Å². The van der Waals surface area contributed by atoms with Crippen molar-refractivity contribution in [1.29, 1.82) is 0 Å². The Morgan fingerprint density at radius 2 is 1.88 bits per heavy atom. The van der Waals surface area contributed by atoms with Crippen LogP contribution in [0.25, 0.3) is 0 Å². The Hall–Kier alpha value is -0.960. The van der Waals surface area contributed by atoms with E-state index in [-0.39, 0.29) is 11.0 Å². The highest BCUT2D eigenvalue weighted by Gasteiger charge is 2.08. The minimum atomic E-state index is -0.797. The van der Waals surface area contributed by atoms with Gasteiger partial charge in [0.1, 0.15) is 0 Å². The standard InChI is InChI=1S/C13H18O2S/c1-11(2)16(15)10-6-9-13(14)12-7-4-3-5-8-12/h3-5,7-8,11H,6,9-10H2,1-2H3. The van der Waals surface area contributed by atoms with Crippen molar-refractivity contribution in [2.45, 2.75) is 31.9 Å². The van der Waals surface area contributed by atoms with Crippen LogP contribution >= 0.6 is 0 Å². The minimum absolute atomic E-state index is 0.140. The molecule has 1 aromatic rings. The third-order valence-electron chi connectivity index (χ3n) is 2.37. The molecule has 0 amide bonds. The SMILES string of the molecule is CC(C)S(=O)CCCC(=O)c1ccccc1. The van der Waals surface area contributed by atoms with E-state index in [1.54, 1.807) is 0 Å². The summed E-state index contributed by atoms with van der Waals surface area (Å²) in [6.07, 6.45) is 1.20. The average Bonchev–Trinajstić information content (AvgIpc) is 2.29. The van der Waals surface area contributed by atoms with Crippen molar-refractivity contribution in [1.82, 2.24) is 0 Å². The first-order valence-corrected chi connectivity index (χ1v) is 6.95. The molecule has 0 N–H and O–H groups in total. The maximum Gasteiger partial charge on any atom is 0.162 e. The first-order valence-electron chi connectivity index (χ1n) is 5.56. The molecule has 0 spiro atoms. The van der Waals surface area contributed by atoms with Crippen LogP contribution in [0.5, 0.6) is 0 Å². The third-order valence-corrected chi connectivity index (χ3v) is 4.11. The molecule has 16 heavy (non-hydrogen) atoms. The molecule has 0 fully saturated rings. The summed E-state index contributed by atoms with van der Waals surface area (Å²) in [4.78, 5) is 11.7. The Labute approximate surface area is 99.5 Å². The van der Waals surface area contributed by atoms with E-state index >= 15 is 0 Å². The van der Waals surface area contributed by atoms with E-state index in [1.807, 2.05) is 44.2 Å². The average molecular weight is 238 g/mol. The van der Waals surface area contributed by atoms with Crippen LogP contribution in [0, 0.1) is 0 Å². The van der Waals surface area contributed by atoms with Gasteiger partial charge in [0.05, 0.1) is 0 Å². The van der Waals surface area contributed by atoms with Gasteiger partial charge in [0.2, 0.25) is 0 Å². The molecule has 0 aliphatic heterocycles. The molecule has 0 aliphatic carbocycles. The summed E-state index contributed by atoms with van der Waals surface area (Å²) in [6, 6.07) is 9.26. The lowest BCUT2D eigenvalue weighted by atomic mass is 10.1. The Morgan fingerprint density at radius 3 is 2.44 bits per heavy atom. The predicted octanol–water partition coefficient (Wildman–Crippen LogP) is 2.81. The van der Waals surface area contributed by atoms with Crippen LogP contribution in [0.4, 0.5) is 0 Å². The molecule has 1 unspecified atom stereocenters. The lowest BCUT2D eigenvalue weighted by Gasteiger charge is -2.04. The number of rotatable bonds is 6. The molecule has 1 rings (SSSR count). The van der Waals surface area contributed by atoms with E-state index in [1.165, 1.54) is 0 Å². The fourth-order valence-corrected chi connectivity index (χ4v) is 2.28. The van der Waals surface area contributed by atoms with Gasteiger partial charge in [-0.05, 0) is 6.42 Å².